The van der Waals surface area contributed by atoms with E-state index in [-0.39, 0.29) is 24.0 Å². The van der Waals surface area contributed by atoms with Gasteiger partial charge < -0.3 is 24.6 Å². The van der Waals surface area contributed by atoms with Crippen molar-refractivity contribution in [1.82, 2.24) is 15.1 Å². The molecule has 0 atom stereocenters. The first kappa shape index (κ1) is 28.1. The minimum atomic E-state index is 0. The second kappa shape index (κ2) is 15.0. The number of rotatable bonds is 9. The Labute approximate surface area is 217 Å². The Hall–Kier alpha value is -1.10. The number of methoxy groups -OCH3 is 1. The van der Waals surface area contributed by atoms with E-state index in [4.69, 9.17) is 9.47 Å². The molecule has 0 spiro atoms. The van der Waals surface area contributed by atoms with Crippen molar-refractivity contribution in [3.8, 4) is 0 Å². The molecule has 0 amide bonds. The molecule has 0 bridgehead atoms. The number of nitrogens with one attached hydrogen (secondary N) is 1. The van der Waals surface area contributed by atoms with E-state index < -0.39 is 0 Å². The summed E-state index contributed by atoms with van der Waals surface area (Å²) in [6.45, 7) is 14.4. The minimum absolute atomic E-state index is 0. The molecule has 2 saturated heterocycles. The number of nitrogens with zero attached hydrogens (tertiary/aromatic N) is 4. The monoisotopic (exact) mass is 573 g/mol. The van der Waals surface area contributed by atoms with Gasteiger partial charge in [0.2, 0.25) is 0 Å². The first-order chi connectivity index (χ1) is 15.6. The number of anilines is 1. The molecule has 1 aromatic rings. The topological polar surface area (TPSA) is 52.6 Å². The summed E-state index contributed by atoms with van der Waals surface area (Å²) in [7, 11) is 3.63. The molecule has 33 heavy (non-hydrogen) atoms. The van der Waals surface area contributed by atoms with Gasteiger partial charge in [-0.05, 0) is 50.3 Å². The van der Waals surface area contributed by atoms with Crippen molar-refractivity contribution in [2.24, 2.45) is 4.99 Å². The van der Waals surface area contributed by atoms with Crippen LogP contribution >= 0.6 is 24.0 Å². The predicted octanol–water partition coefficient (Wildman–Crippen LogP) is 3.14. The summed E-state index contributed by atoms with van der Waals surface area (Å²) >= 11 is 0. The van der Waals surface area contributed by atoms with Crippen molar-refractivity contribution in [2.75, 3.05) is 84.6 Å². The Kier molecular flexibility index (Phi) is 12.8. The molecule has 0 radical (unpaired) electrons. The van der Waals surface area contributed by atoms with E-state index in [2.05, 4.69) is 57.1 Å². The molecule has 8 heteroatoms. The van der Waals surface area contributed by atoms with E-state index >= 15 is 0 Å². The van der Waals surface area contributed by atoms with Gasteiger partial charge >= 0.3 is 0 Å². The van der Waals surface area contributed by atoms with Gasteiger partial charge in [-0.2, -0.15) is 0 Å². The molecular formula is C25H44IN5O2. The van der Waals surface area contributed by atoms with Crippen LogP contribution in [0.2, 0.25) is 0 Å². The number of hydrogen-bond acceptors (Lipinski definition) is 5. The molecule has 2 heterocycles. The molecule has 2 aliphatic rings. The van der Waals surface area contributed by atoms with Crippen LogP contribution in [-0.2, 0) is 9.47 Å². The number of piperidine rings is 1. The van der Waals surface area contributed by atoms with Crippen molar-refractivity contribution < 1.29 is 9.47 Å². The molecule has 0 aromatic heterocycles. The Balaban J connectivity index is 0.00000385. The van der Waals surface area contributed by atoms with Crippen LogP contribution in [0.5, 0.6) is 0 Å². The van der Waals surface area contributed by atoms with Gasteiger partial charge in [0, 0.05) is 85.4 Å². The number of likely N-dealkylation sites (tertiary alicyclic amines) is 1. The van der Waals surface area contributed by atoms with Gasteiger partial charge in [0.05, 0.1) is 6.10 Å². The molecule has 0 saturated carbocycles. The summed E-state index contributed by atoms with van der Waals surface area (Å²) in [6, 6.07) is 6.64. The smallest absolute Gasteiger partial charge is 0.193 e. The average Bonchev–Trinajstić information content (AvgIpc) is 2.82. The number of halogens is 1. The SMILES string of the molecule is CN=C(NCCN1CCN(c2cccc(C)c2C)CC1)N1CCC(OCCCOC)CC1.I. The quantitative estimate of drug-likeness (QED) is 0.212. The van der Waals surface area contributed by atoms with Crippen LogP contribution < -0.4 is 10.2 Å². The van der Waals surface area contributed by atoms with Crippen LogP contribution in [-0.4, -0.2) is 102 Å². The van der Waals surface area contributed by atoms with E-state index in [0.29, 0.717) is 6.10 Å². The molecule has 7 nitrogen and oxygen atoms in total. The average molecular weight is 574 g/mol. The largest absolute Gasteiger partial charge is 0.385 e. The summed E-state index contributed by atoms with van der Waals surface area (Å²) < 4.78 is 11.1. The lowest BCUT2D eigenvalue weighted by atomic mass is 10.1. The third-order valence-corrected chi connectivity index (χ3v) is 6.80. The van der Waals surface area contributed by atoms with Crippen LogP contribution in [0.3, 0.4) is 0 Å². The number of ether oxygens (including phenoxy) is 2. The summed E-state index contributed by atoms with van der Waals surface area (Å²) in [6.07, 6.45) is 3.47. The van der Waals surface area contributed by atoms with Gasteiger partial charge in [0.15, 0.2) is 5.96 Å². The van der Waals surface area contributed by atoms with Crippen LogP contribution in [0.1, 0.15) is 30.4 Å². The molecule has 188 valence electrons. The first-order valence-corrected chi connectivity index (χ1v) is 12.2. The fourth-order valence-electron chi connectivity index (χ4n) is 4.64. The van der Waals surface area contributed by atoms with Crippen LogP contribution in [0.15, 0.2) is 23.2 Å². The standard InChI is InChI=1S/C25H43N5O2.HI/c1-21-7-5-8-24(22(21)2)29-17-15-28(16-18-29)14-11-27-25(26-3)30-12-9-23(10-13-30)32-20-6-19-31-4;/h5,7-8,23H,6,9-20H2,1-4H3,(H,26,27);1H. The summed E-state index contributed by atoms with van der Waals surface area (Å²) in [4.78, 5) is 12.0. The Morgan fingerprint density at radius 3 is 2.45 bits per heavy atom. The van der Waals surface area contributed by atoms with Gasteiger partial charge in [-0.1, -0.05) is 12.1 Å². The lowest BCUT2D eigenvalue weighted by Gasteiger charge is -2.37. The maximum Gasteiger partial charge on any atom is 0.193 e. The highest BCUT2D eigenvalue weighted by Gasteiger charge is 2.22. The van der Waals surface area contributed by atoms with E-state index in [0.717, 1.165) is 90.8 Å². The lowest BCUT2D eigenvalue weighted by Crippen LogP contribution is -2.51. The highest BCUT2D eigenvalue weighted by molar-refractivity contribution is 14.0. The summed E-state index contributed by atoms with van der Waals surface area (Å²) in [5.74, 6) is 1.02. The van der Waals surface area contributed by atoms with Crippen LogP contribution in [0, 0.1) is 13.8 Å². The zero-order valence-corrected chi connectivity index (χ0v) is 23.3. The second-order valence-electron chi connectivity index (χ2n) is 8.93. The third kappa shape index (κ3) is 8.56. The molecular weight excluding hydrogens is 529 g/mol. The Bertz CT molecular complexity index is 717. The van der Waals surface area contributed by atoms with Crippen LogP contribution in [0.25, 0.3) is 0 Å². The fraction of sp³-hybridized carbons (Fsp3) is 0.720. The number of guanidine groups is 1. The molecule has 3 rings (SSSR count). The molecule has 1 aromatic carbocycles. The summed E-state index contributed by atoms with van der Waals surface area (Å²) in [5, 5.41) is 3.58. The number of piperazine rings is 1. The number of benzene rings is 1. The predicted molar refractivity (Wildman–Crippen MR) is 148 cm³/mol. The number of hydrogen-bond donors (Lipinski definition) is 1. The molecule has 2 fully saturated rings. The van der Waals surface area contributed by atoms with E-state index in [1.165, 1.54) is 16.8 Å². The van der Waals surface area contributed by atoms with Crippen molar-refractivity contribution >= 4 is 35.6 Å². The molecule has 2 aliphatic heterocycles. The van der Waals surface area contributed by atoms with E-state index in [9.17, 15) is 0 Å². The maximum atomic E-state index is 5.98. The van der Waals surface area contributed by atoms with Crippen molar-refractivity contribution in [3.63, 3.8) is 0 Å². The third-order valence-electron chi connectivity index (χ3n) is 6.80. The lowest BCUT2D eigenvalue weighted by molar-refractivity contribution is 0.00990. The molecule has 0 unspecified atom stereocenters. The zero-order valence-electron chi connectivity index (χ0n) is 21.0. The summed E-state index contributed by atoms with van der Waals surface area (Å²) in [5.41, 5.74) is 4.19. The highest BCUT2D eigenvalue weighted by atomic mass is 127. The van der Waals surface area contributed by atoms with Crippen LogP contribution in [0.4, 0.5) is 5.69 Å². The van der Waals surface area contributed by atoms with E-state index in [1.54, 1.807) is 7.11 Å². The Morgan fingerprint density at radius 1 is 1.06 bits per heavy atom. The van der Waals surface area contributed by atoms with Crippen molar-refractivity contribution in [3.05, 3.63) is 29.3 Å². The zero-order chi connectivity index (χ0) is 22.8. The number of aryl methyl sites for hydroxylation is 1. The molecule has 0 aliphatic carbocycles. The van der Waals surface area contributed by atoms with Gasteiger partial charge in [0.25, 0.3) is 0 Å². The van der Waals surface area contributed by atoms with Crippen molar-refractivity contribution in [1.29, 1.82) is 0 Å². The first-order valence-electron chi connectivity index (χ1n) is 12.2. The normalized spacial score (nSPS) is 18.4. The van der Waals surface area contributed by atoms with Gasteiger partial charge in [-0.15, -0.1) is 24.0 Å². The Morgan fingerprint density at radius 2 is 1.79 bits per heavy atom. The highest BCUT2D eigenvalue weighted by Crippen LogP contribution is 2.23. The van der Waals surface area contributed by atoms with Crippen molar-refractivity contribution in [2.45, 2.75) is 39.2 Å². The second-order valence-corrected chi connectivity index (χ2v) is 8.93. The molecule has 1 N–H and O–H groups in total. The minimum Gasteiger partial charge on any atom is -0.385 e. The van der Waals surface area contributed by atoms with Gasteiger partial charge in [-0.25, -0.2) is 0 Å². The van der Waals surface area contributed by atoms with Gasteiger partial charge in [-0.3, -0.25) is 9.89 Å². The maximum absolute atomic E-state index is 5.98. The van der Waals surface area contributed by atoms with E-state index in [1.807, 2.05) is 7.05 Å². The van der Waals surface area contributed by atoms with Gasteiger partial charge in [0.1, 0.15) is 0 Å². The fourth-order valence-corrected chi connectivity index (χ4v) is 4.64. The number of aliphatic imine (C=N–C) groups is 1.